The molecule has 20 heavy (non-hydrogen) atoms. The zero-order valence-corrected chi connectivity index (χ0v) is 11.4. The molecule has 5 heteroatoms. The van der Waals surface area contributed by atoms with E-state index in [1.807, 2.05) is 24.3 Å². The van der Waals surface area contributed by atoms with Gasteiger partial charge >= 0.3 is 0 Å². The van der Waals surface area contributed by atoms with Crippen LogP contribution in [0.4, 0.5) is 5.82 Å². The third-order valence-electron chi connectivity index (χ3n) is 3.85. The maximum absolute atomic E-state index is 5.74. The molecule has 2 N–H and O–H groups in total. The Balaban J connectivity index is 1.78. The molecule has 2 aromatic rings. The summed E-state index contributed by atoms with van der Waals surface area (Å²) in [5, 5.41) is 0. The lowest BCUT2D eigenvalue weighted by atomic mass is 9.97. The number of rotatable bonds is 3. The normalized spacial score (nSPS) is 16.4. The summed E-state index contributed by atoms with van der Waals surface area (Å²) < 4.78 is 0. The molecule has 0 bridgehead atoms. The zero-order chi connectivity index (χ0) is 13.8. The van der Waals surface area contributed by atoms with Gasteiger partial charge in [0.15, 0.2) is 0 Å². The largest absolute Gasteiger partial charge is 0.356 e. The molecule has 1 fully saturated rings. The molecule has 0 aromatic carbocycles. The second-order valence-electron chi connectivity index (χ2n) is 5.14. The minimum Gasteiger partial charge on any atom is -0.356 e. The molecule has 104 valence electrons. The number of nitrogens with zero attached hydrogens (tertiary/aromatic N) is 4. The molecule has 2 aromatic heterocycles. The average Bonchev–Trinajstić information content (AvgIpc) is 2.56. The third kappa shape index (κ3) is 2.77. The summed E-state index contributed by atoms with van der Waals surface area (Å²) in [7, 11) is 0. The summed E-state index contributed by atoms with van der Waals surface area (Å²) in [6.45, 7) is 2.82. The van der Waals surface area contributed by atoms with Gasteiger partial charge in [-0.25, -0.2) is 9.97 Å². The van der Waals surface area contributed by atoms with Crippen LogP contribution in [0.5, 0.6) is 0 Å². The first-order valence-electron chi connectivity index (χ1n) is 7.05. The van der Waals surface area contributed by atoms with Gasteiger partial charge in [0, 0.05) is 25.4 Å². The second-order valence-corrected chi connectivity index (χ2v) is 5.14. The van der Waals surface area contributed by atoms with E-state index < -0.39 is 0 Å². The van der Waals surface area contributed by atoms with E-state index >= 15 is 0 Å². The first-order valence-corrected chi connectivity index (χ1v) is 7.05. The number of nitrogens with two attached hydrogens (primary N) is 1. The van der Waals surface area contributed by atoms with E-state index in [-0.39, 0.29) is 0 Å². The Labute approximate surface area is 118 Å². The number of hydrogen-bond donors (Lipinski definition) is 1. The minimum absolute atomic E-state index is 0.656. The summed E-state index contributed by atoms with van der Waals surface area (Å²) in [6.07, 6.45) is 5.68. The van der Waals surface area contributed by atoms with Crippen molar-refractivity contribution >= 4 is 5.82 Å². The van der Waals surface area contributed by atoms with Crippen LogP contribution in [0.15, 0.2) is 36.8 Å². The molecular formula is C15H19N5. The molecule has 1 aliphatic rings. The molecule has 0 radical (unpaired) electrons. The van der Waals surface area contributed by atoms with Crippen LogP contribution in [0.2, 0.25) is 0 Å². The van der Waals surface area contributed by atoms with Crippen molar-refractivity contribution in [3.05, 3.63) is 36.8 Å². The van der Waals surface area contributed by atoms with E-state index in [9.17, 15) is 0 Å². The molecule has 0 amide bonds. The maximum Gasteiger partial charge on any atom is 0.132 e. The topological polar surface area (TPSA) is 67.9 Å². The van der Waals surface area contributed by atoms with Crippen molar-refractivity contribution in [2.75, 3.05) is 24.5 Å². The van der Waals surface area contributed by atoms with E-state index in [2.05, 4.69) is 19.9 Å². The van der Waals surface area contributed by atoms with Gasteiger partial charge in [0.25, 0.3) is 0 Å². The van der Waals surface area contributed by atoms with Gasteiger partial charge in [0.1, 0.15) is 12.1 Å². The van der Waals surface area contributed by atoms with E-state index in [0.717, 1.165) is 49.7 Å². The predicted octanol–water partition coefficient (Wildman–Crippen LogP) is 1.71. The molecule has 1 aliphatic heterocycles. The van der Waals surface area contributed by atoms with E-state index in [0.29, 0.717) is 5.92 Å². The fourth-order valence-corrected chi connectivity index (χ4v) is 2.57. The van der Waals surface area contributed by atoms with Crippen LogP contribution in [-0.4, -0.2) is 34.6 Å². The van der Waals surface area contributed by atoms with Crippen LogP contribution in [0.25, 0.3) is 11.4 Å². The second kappa shape index (κ2) is 5.96. The molecule has 0 unspecified atom stereocenters. The SMILES string of the molecule is NCC1CCN(c2cc(-c3ccccn3)ncn2)CC1. The molecule has 0 saturated carbocycles. The quantitative estimate of drug-likeness (QED) is 0.918. The highest BCUT2D eigenvalue weighted by molar-refractivity contribution is 5.58. The standard InChI is InChI=1S/C15H19N5/c16-10-12-4-7-20(8-5-12)15-9-14(18-11-19-15)13-3-1-2-6-17-13/h1-3,6,9,11-12H,4-5,7-8,10,16H2. The van der Waals surface area contributed by atoms with Gasteiger partial charge in [-0.15, -0.1) is 0 Å². The fourth-order valence-electron chi connectivity index (χ4n) is 2.57. The maximum atomic E-state index is 5.74. The molecule has 3 heterocycles. The Bertz CT molecular complexity index is 549. The predicted molar refractivity (Wildman–Crippen MR) is 79.3 cm³/mol. The van der Waals surface area contributed by atoms with Crippen molar-refractivity contribution in [2.45, 2.75) is 12.8 Å². The Hall–Kier alpha value is -2.01. The number of pyridine rings is 1. The Kier molecular flexibility index (Phi) is 3.87. The van der Waals surface area contributed by atoms with Crippen LogP contribution < -0.4 is 10.6 Å². The lowest BCUT2D eigenvalue weighted by Gasteiger charge is -2.32. The highest BCUT2D eigenvalue weighted by atomic mass is 15.2. The first kappa shape index (κ1) is 13.0. The molecule has 0 atom stereocenters. The summed E-state index contributed by atoms with van der Waals surface area (Å²) in [6, 6.07) is 7.86. The molecule has 0 spiro atoms. The highest BCUT2D eigenvalue weighted by Crippen LogP contribution is 2.23. The molecule has 3 rings (SSSR count). The molecular weight excluding hydrogens is 250 g/mol. The Morgan fingerprint density at radius 3 is 2.65 bits per heavy atom. The summed E-state index contributed by atoms with van der Waals surface area (Å²) in [5.41, 5.74) is 7.49. The number of piperidine rings is 1. The number of hydrogen-bond acceptors (Lipinski definition) is 5. The van der Waals surface area contributed by atoms with E-state index in [1.54, 1.807) is 12.5 Å². The van der Waals surface area contributed by atoms with Gasteiger partial charge in [-0.05, 0) is 37.4 Å². The van der Waals surface area contributed by atoms with Gasteiger partial charge < -0.3 is 10.6 Å². The monoisotopic (exact) mass is 269 g/mol. The average molecular weight is 269 g/mol. The van der Waals surface area contributed by atoms with Crippen molar-refractivity contribution in [2.24, 2.45) is 11.7 Å². The van der Waals surface area contributed by atoms with Crippen molar-refractivity contribution < 1.29 is 0 Å². The van der Waals surface area contributed by atoms with Crippen molar-refractivity contribution in [1.82, 2.24) is 15.0 Å². The van der Waals surface area contributed by atoms with Gasteiger partial charge in [-0.1, -0.05) is 6.07 Å². The minimum atomic E-state index is 0.656. The van der Waals surface area contributed by atoms with E-state index in [1.165, 1.54) is 0 Å². The van der Waals surface area contributed by atoms with Gasteiger partial charge in [-0.3, -0.25) is 4.98 Å². The van der Waals surface area contributed by atoms with Crippen molar-refractivity contribution in [1.29, 1.82) is 0 Å². The molecule has 0 aliphatic carbocycles. The summed E-state index contributed by atoms with van der Waals surface area (Å²) in [4.78, 5) is 15.4. The van der Waals surface area contributed by atoms with Crippen LogP contribution in [0, 0.1) is 5.92 Å². The molecule has 1 saturated heterocycles. The van der Waals surface area contributed by atoms with Gasteiger partial charge in [-0.2, -0.15) is 0 Å². The number of aromatic nitrogens is 3. The summed E-state index contributed by atoms with van der Waals surface area (Å²) >= 11 is 0. The van der Waals surface area contributed by atoms with Gasteiger partial charge in [0.05, 0.1) is 11.4 Å². The molecule has 5 nitrogen and oxygen atoms in total. The third-order valence-corrected chi connectivity index (χ3v) is 3.85. The Morgan fingerprint density at radius 1 is 1.10 bits per heavy atom. The number of anilines is 1. The van der Waals surface area contributed by atoms with Gasteiger partial charge in [0.2, 0.25) is 0 Å². The lowest BCUT2D eigenvalue weighted by Crippen LogP contribution is -2.36. The smallest absolute Gasteiger partial charge is 0.132 e. The van der Waals surface area contributed by atoms with Crippen LogP contribution in [0.1, 0.15) is 12.8 Å². The lowest BCUT2D eigenvalue weighted by molar-refractivity contribution is 0.413. The fraction of sp³-hybridized carbons (Fsp3) is 0.400. The summed E-state index contributed by atoms with van der Waals surface area (Å²) in [5.74, 6) is 1.64. The van der Waals surface area contributed by atoms with Crippen molar-refractivity contribution in [3.8, 4) is 11.4 Å². The van der Waals surface area contributed by atoms with Crippen LogP contribution >= 0.6 is 0 Å². The van der Waals surface area contributed by atoms with Crippen molar-refractivity contribution in [3.63, 3.8) is 0 Å². The highest BCUT2D eigenvalue weighted by Gasteiger charge is 2.19. The van der Waals surface area contributed by atoms with Crippen LogP contribution in [-0.2, 0) is 0 Å². The Morgan fingerprint density at radius 2 is 1.95 bits per heavy atom. The van der Waals surface area contributed by atoms with Crippen LogP contribution in [0.3, 0.4) is 0 Å². The van der Waals surface area contributed by atoms with E-state index in [4.69, 9.17) is 5.73 Å². The zero-order valence-electron chi connectivity index (χ0n) is 11.4. The first-order chi connectivity index (χ1) is 9.86.